The molecule has 0 saturated heterocycles. The number of thiophene rings is 1. The molecule has 0 saturated carbocycles. The zero-order valence-electron chi connectivity index (χ0n) is 25.1. The molecule has 0 aliphatic rings. The summed E-state index contributed by atoms with van der Waals surface area (Å²) >= 11 is 1.86. The highest BCUT2D eigenvalue weighted by Gasteiger charge is 2.20. The van der Waals surface area contributed by atoms with E-state index in [-0.39, 0.29) is 0 Å². The normalized spacial score (nSPS) is 12.3. The summed E-state index contributed by atoms with van der Waals surface area (Å²) in [5.41, 5.74) is 8.41. The number of para-hydroxylation sites is 1. The van der Waals surface area contributed by atoms with Gasteiger partial charge in [0, 0.05) is 41.7 Å². The van der Waals surface area contributed by atoms with Crippen LogP contribution in [0.5, 0.6) is 0 Å². The Labute approximate surface area is 272 Å². The van der Waals surface area contributed by atoms with Crippen LogP contribution in [0.15, 0.2) is 154 Å². The summed E-state index contributed by atoms with van der Waals surface area (Å²) in [7, 11) is 0. The van der Waals surface area contributed by atoms with E-state index < -0.39 is 0 Å². The van der Waals surface area contributed by atoms with Gasteiger partial charge in [0.2, 0.25) is 0 Å². The monoisotopic (exact) mass is 616 g/mol. The van der Waals surface area contributed by atoms with Gasteiger partial charge in [-0.1, -0.05) is 97.1 Å². The first-order chi connectivity index (χ1) is 23.3. The molecular weight excluding hydrogens is 593 g/mol. The van der Waals surface area contributed by atoms with Crippen molar-refractivity contribution in [3.05, 3.63) is 146 Å². The molecule has 218 valence electrons. The molecule has 0 unspecified atom stereocenters. The molecule has 0 aliphatic heterocycles. The van der Waals surface area contributed by atoms with E-state index in [1.165, 1.54) is 58.4 Å². The van der Waals surface area contributed by atoms with Crippen LogP contribution in [-0.4, -0.2) is 0 Å². The Hall–Kier alpha value is -5.90. The first-order valence-electron chi connectivity index (χ1n) is 15.9. The van der Waals surface area contributed by atoms with E-state index in [1.54, 1.807) is 0 Å². The standard InChI is InChI=1S/C44H24O2S/c1-3-12-30-28(10-1)41(25-18-22-40-34(23-25)27-9-6-8-16-39(27)47-40)29-11-2-4-13-31(29)42(30)26-17-19-33-38(24-26)46-37-21-20-36-43(44(33)37)32-14-5-7-15-35(32)45-36/h1-24H. The Morgan fingerprint density at radius 1 is 0.319 bits per heavy atom. The average Bonchev–Trinajstić information content (AvgIpc) is 3.80. The molecule has 8 aromatic carbocycles. The van der Waals surface area contributed by atoms with Crippen LogP contribution in [0.3, 0.4) is 0 Å². The van der Waals surface area contributed by atoms with Gasteiger partial charge in [-0.25, -0.2) is 0 Å². The lowest BCUT2D eigenvalue weighted by molar-refractivity contribution is 0.663. The van der Waals surface area contributed by atoms with Crippen LogP contribution < -0.4 is 0 Å². The zero-order valence-corrected chi connectivity index (χ0v) is 25.9. The lowest BCUT2D eigenvalue weighted by Crippen LogP contribution is -1.90. The van der Waals surface area contributed by atoms with Gasteiger partial charge in [-0.2, -0.15) is 0 Å². The quantitative estimate of drug-likeness (QED) is 0.181. The lowest BCUT2D eigenvalue weighted by atomic mass is 9.85. The molecule has 0 amide bonds. The van der Waals surface area contributed by atoms with Crippen molar-refractivity contribution in [2.24, 2.45) is 0 Å². The van der Waals surface area contributed by atoms with Crippen LogP contribution in [0, 0.1) is 0 Å². The Kier molecular flexibility index (Phi) is 5.02. The maximum atomic E-state index is 6.59. The second-order valence-electron chi connectivity index (χ2n) is 12.4. The van der Waals surface area contributed by atoms with E-state index in [9.17, 15) is 0 Å². The highest BCUT2D eigenvalue weighted by atomic mass is 32.1. The van der Waals surface area contributed by atoms with Crippen LogP contribution in [0.25, 0.3) is 108 Å². The summed E-state index contributed by atoms with van der Waals surface area (Å²) < 4.78 is 15.4. The van der Waals surface area contributed by atoms with Gasteiger partial charge in [-0.3, -0.25) is 0 Å². The highest BCUT2D eigenvalue weighted by Crippen LogP contribution is 2.47. The Morgan fingerprint density at radius 2 is 0.809 bits per heavy atom. The number of benzene rings is 8. The molecule has 3 heteroatoms. The molecule has 0 fully saturated rings. The third kappa shape index (κ3) is 3.49. The van der Waals surface area contributed by atoms with Crippen LogP contribution >= 0.6 is 11.3 Å². The van der Waals surface area contributed by atoms with Gasteiger partial charge in [0.05, 0.1) is 0 Å². The van der Waals surface area contributed by atoms with Crippen molar-refractivity contribution in [2.75, 3.05) is 0 Å². The summed E-state index contributed by atoms with van der Waals surface area (Å²) in [4.78, 5) is 0. The van der Waals surface area contributed by atoms with Crippen LogP contribution in [0.1, 0.15) is 0 Å². The third-order valence-corrected chi connectivity index (χ3v) is 11.0. The largest absolute Gasteiger partial charge is 0.456 e. The molecule has 0 aliphatic carbocycles. The molecule has 11 aromatic rings. The molecule has 0 atom stereocenters. The van der Waals surface area contributed by atoms with Crippen molar-refractivity contribution < 1.29 is 8.83 Å². The Bertz CT molecular complexity index is 3020. The van der Waals surface area contributed by atoms with Crippen molar-refractivity contribution >= 4 is 96.9 Å². The fourth-order valence-corrected chi connectivity index (χ4v) is 8.96. The van der Waals surface area contributed by atoms with Crippen molar-refractivity contribution in [3.63, 3.8) is 0 Å². The van der Waals surface area contributed by atoms with E-state index in [1.807, 2.05) is 35.6 Å². The topological polar surface area (TPSA) is 26.3 Å². The highest BCUT2D eigenvalue weighted by molar-refractivity contribution is 7.25. The zero-order chi connectivity index (χ0) is 30.6. The molecule has 0 spiro atoms. The number of fused-ring (bicyclic) bond motifs is 12. The fourth-order valence-electron chi connectivity index (χ4n) is 7.87. The molecule has 0 N–H and O–H groups in total. The number of hydrogen-bond donors (Lipinski definition) is 0. The molecule has 3 aromatic heterocycles. The first-order valence-corrected chi connectivity index (χ1v) is 16.7. The Balaban J connectivity index is 1.19. The molecule has 2 nitrogen and oxygen atoms in total. The van der Waals surface area contributed by atoms with Crippen LogP contribution in [0.2, 0.25) is 0 Å². The molecule has 3 heterocycles. The van der Waals surface area contributed by atoms with E-state index in [0.717, 1.165) is 49.4 Å². The van der Waals surface area contributed by atoms with E-state index in [0.29, 0.717) is 0 Å². The average molecular weight is 617 g/mol. The SMILES string of the molecule is c1ccc2c(c1)oc1ccc3oc4cc(-c5c6ccccc6c(-c6ccc7sc8ccccc8c7c6)c6ccccc56)ccc4c3c12. The maximum Gasteiger partial charge on any atom is 0.136 e. The van der Waals surface area contributed by atoms with Crippen LogP contribution in [-0.2, 0) is 0 Å². The smallest absolute Gasteiger partial charge is 0.136 e. The van der Waals surface area contributed by atoms with E-state index in [4.69, 9.17) is 8.83 Å². The Morgan fingerprint density at radius 3 is 1.49 bits per heavy atom. The summed E-state index contributed by atoms with van der Waals surface area (Å²) in [5, 5.41) is 12.0. The summed E-state index contributed by atoms with van der Waals surface area (Å²) in [6.07, 6.45) is 0. The van der Waals surface area contributed by atoms with E-state index >= 15 is 0 Å². The number of hydrogen-bond acceptors (Lipinski definition) is 3. The number of furan rings is 2. The third-order valence-electron chi connectivity index (χ3n) is 9.86. The summed E-state index contributed by atoms with van der Waals surface area (Å²) in [6, 6.07) is 52.4. The van der Waals surface area contributed by atoms with Crippen molar-refractivity contribution in [2.45, 2.75) is 0 Å². The molecule has 0 bridgehead atoms. The van der Waals surface area contributed by atoms with Crippen LogP contribution in [0.4, 0.5) is 0 Å². The maximum absolute atomic E-state index is 6.59. The predicted molar refractivity (Wildman–Crippen MR) is 200 cm³/mol. The van der Waals surface area contributed by atoms with Gasteiger partial charge in [0.25, 0.3) is 0 Å². The summed E-state index contributed by atoms with van der Waals surface area (Å²) in [6.45, 7) is 0. The van der Waals surface area contributed by atoms with Gasteiger partial charge in [-0.05, 0) is 92.3 Å². The minimum atomic E-state index is 0.873. The van der Waals surface area contributed by atoms with Crippen molar-refractivity contribution in [1.82, 2.24) is 0 Å². The van der Waals surface area contributed by atoms with Gasteiger partial charge in [0.15, 0.2) is 0 Å². The summed E-state index contributed by atoms with van der Waals surface area (Å²) in [5.74, 6) is 0. The van der Waals surface area contributed by atoms with Gasteiger partial charge in [-0.15, -0.1) is 11.3 Å². The van der Waals surface area contributed by atoms with Crippen molar-refractivity contribution in [1.29, 1.82) is 0 Å². The molecule has 47 heavy (non-hydrogen) atoms. The molecule has 11 rings (SSSR count). The minimum Gasteiger partial charge on any atom is -0.456 e. The van der Waals surface area contributed by atoms with Gasteiger partial charge in [0.1, 0.15) is 22.3 Å². The number of rotatable bonds is 2. The molecule has 0 radical (unpaired) electrons. The second-order valence-corrected chi connectivity index (χ2v) is 13.5. The van der Waals surface area contributed by atoms with Gasteiger partial charge >= 0.3 is 0 Å². The fraction of sp³-hybridized carbons (Fsp3) is 0. The minimum absolute atomic E-state index is 0.873. The first kappa shape index (κ1) is 25.3. The second kappa shape index (κ2) is 9.32. The predicted octanol–water partition coefficient (Wildman–Crippen LogP) is 13.5. The molecular formula is C44H24O2S. The lowest BCUT2D eigenvalue weighted by Gasteiger charge is -2.18. The van der Waals surface area contributed by atoms with Crippen molar-refractivity contribution in [3.8, 4) is 22.3 Å². The van der Waals surface area contributed by atoms with E-state index in [2.05, 4.69) is 121 Å². The van der Waals surface area contributed by atoms with Gasteiger partial charge < -0.3 is 8.83 Å².